The highest BCUT2D eigenvalue weighted by Gasteiger charge is 2.58. The summed E-state index contributed by atoms with van der Waals surface area (Å²) in [6.45, 7) is -0.619. The molecule has 0 aromatic heterocycles. The van der Waals surface area contributed by atoms with Crippen molar-refractivity contribution < 1.29 is 69.8 Å². The third-order valence-corrected chi connectivity index (χ3v) is 5.38. The second-order valence-electron chi connectivity index (χ2n) is 7.71. The molecule has 1 amide bonds. The lowest BCUT2D eigenvalue weighted by molar-refractivity contribution is -0.306. The topological polar surface area (TPSA) is 256 Å². The quantitative estimate of drug-likeness (QED) is 0.158. The Bertz CT molecular complexity index is 665. The molecule has 2 heterocycles. The molecular weight excluding hydrogens is 442 g/mol. The number of carbonyl (C=O) groups is 2. The van der Waals surface area contributed by atoms with Crippen LogP contribution in [-0.4, -0.2) is 138 Å². The maximum atomic E-state index is 11.8. The standard InChI is InChI=1S/C17H29NO14/c1-5(20)18-17(14(26)6(21)3-19)9(22)2-7(13(32-17)15(27)28)30-4-8-10(23)11(24)12(25)16(29)31-8/h6-14,16,19,21-26,29H,2-4H2,1H3,(H,18,20)(H,27,28)/t6-,7-,8-,9-,10+,11+,12-,13+,14-,16-,17-/m1/s1. The van der Waals surface area contributed by atoms with E-state index in [1.807, 2.05) is 0 Å². The molecule has 0 aliphatic carbocycles. The Morgan fingerprint density at radius 2 is 1.75 bits per heavy atom. The SMILES string of the molecule is CC(=O)N[C@@]1([C@H](O)[C@H](O)CO)O[C@H](C(=O)O)[C@H](OC[C@H]2O[C@@H](O)[C@H](O)[C@@H](O)[C@H]2O)C[C@H]1O. The zero-order valence-corrected chi connectivity index (χ0v) is 17.0. The number of rotatable bonds is 8. The van der Waals surface area contributed by atoms with Gasteiger partial charge in [-0.05, 0) is 0 Å². The van der Waals surface area contributed by atoms with Gasteiger partial charge in [-0.3, -0.25) is 4.79 Å². The molecule has 0 spiro atoms. The number of carboxylic acids is 1. The minimum absolute atomic E-state index is 0.566. The van der Waals surface area contributed by atoms with E-state index in [1.54, 1.807) is 0 Å². The van der Waals surface area contributed by atoms with E-state index in [0.29, 0.717) is 0 Å². The number of carbonyl (C=O) groups excluding carboxylic acids is 1. The van der Waals surface area contributed by atoms with Crippen molar-refractivity contribution in [3.05, 3.63) is 0 Å². The van der Waals surface area contributed by atoms with Gasteiger partial charge in [-0.2, -0.15) is 0 Å². The van der Waals surface area contributed by atoms with E-state index >= 15 is 0 Å². The van der Waals surface area contributed by atoms with E-state index in [2.05, 4.69) is 5.32 Å². The lowest BCUT2D eigenvalue weighted by Crippen LogP contribution is -2.73. The number of ether oxygens (including phenoxy) is 3. The van der Waals surface area contributed by atoms with Gasteiger partial charge in [0.25, 0.3) is 0 Å². The van der Waals surface area contributed by atoms with Gasteiger partial charge in [-0.25, -0.2) is 4.79 Å². The molecule has 0 aromatic rings. The largest absolute Gasteiger partial charge is 0.479 e. The van der Waals surface area contributed by atoms with E-state index < -0.39 is 98.5 Å². The molecule has 0 radical (unpaired) electrons. The Labute approximate surface area is 181 Å². The summed E-state index contributed by atoms with van der Waals surface area (Å²) in [5, 5.41) is 90.3. The molecule has 0 saturated carbocycles. The van der Waals surface area contributed by atoms with Crippen molar-refractivity contribution >= 4 is 11.9 Å². The molecular formula is C17H29NO14. The average molecular weight is 471 g/mol. The van der Waals surface area contributed by atoms with Crippen LogP contribution in [0.2, 0.25) is 0 Å². The third kappa shape index (κ3) is 5.35. The summed E-state index contributed by atoms with van der Waals surface area (Å²) in [4.78, 5) is 23.4. The van der Waals surface area contributed by atoms with Crippen molar-refractivity contribution in [1.29, 1.82) is 0 Å². The molecule has 11 atom stereocenters. The Hall–Kier alpha value is -1.50. The average Bonchev–Trinajstić information content (AvgIpc) is 2.73. The van der Waals surface area contributed by atoms with Gasteiger partial charge in [0.2, 0.25) is 5.91 Å². The van der Waals surface area contributed by atoms with Crippen LogP contribution in [0.5, 0.6) is 0 Å². The zero-order valence-electron chi connectivity index (χ0n) is 17.0. The lowest BCUT2D eigenvalue weighted by Gasteiger charge is -2.49. The number of aliphatic hydroxyl groups excluding tert-OH is 8. The molecule has 2 rings (SSSR count). The fourth-order valence-corrected chi connectivity index (χ4v) is 3.65. The molecule has 2 saturated heterocycles. The second kappa shape index (κ2) is 10.6. The molecule has 32 heavy (non-hydrogen) atoms. The highest BCUT2D eigenvalue weighted by molar-refractivity contribution is 5.75. The van der Waals surface area contributed by atoms with Gasteiger partial charge in [0.05, 0.1) is 19.3 Å². The molecule has 186 valence electrons. The van der Waals surface area contributed by atoms with Crippen LogP contribution >= 0.6 is 0 Å². The number of hydrogen-bond donors (Lipinski definition) is 10. The molecule has 10 N–H and O–H groups in total. The highest BCUT2D eigenvalue weighted by Crippen LogP contribution is 2.34. The van der Waals surface area contributed by atoms with E-state index in [0.717, 1.165) is 6.92 Å². The Morgan fingerprint density at radius 3 is 2.28 bits per heavy atom. The normalized spacial score (nSPS) is 42.2. The van der Waals surface area contributed by atoms with Crippen molar-refractivity contribution in [3.8, 4) is 0 Å². The van der Waals surface area contributed by atoms with Crippen LogP contribution < -0.4 is 5.32 Å². The van der Waals surface area contributed by atoms with Crippen LogP contribution in [0.4, 0.5) is 0 Å². The summed E-state index contributed by atoms with van der Waals surface area (Å²) in [6.07, 6.45) is -18.3. The molecule has 15 heteroatoms. The first-order chi connectivity index (χ1) is 14.8. The van der Waals surface area contributed by atoms with Gasteiger partial charge in [0.15, 0.2) is 18.1 Å². The Balaban J connectivity index is 2.21. The van der Waals surface area contributed by atoms with Crippen LogP contribution in [-0.2, 0) is 23.8 Å². The van der Waals surface area contributed by atoms with Crippen molar-refractivity contribution in [2.75, 3.05) is 13.2 Å². The summed E-state index contributed by atoms with van der Waals surface area (Å²) < 4.78 is 15.6. The van der Waals surface area contributed by atoms with Crippen LogP contribution in [0.25, 0.3) is 0 Å². The van der Waals surface area contributed by atoms with Crippen LogP contribution in [0.3, 0.4) is 0 Å². The number of nitrogens with one attached hydrogen (secondary N) is 1. The van der Waals surface area contributed by atoms with Crippen LogP contribution in [0.1, 0.15) is 13.3 Å². The summed E-state index contributed by atoms with van der Waals surface area (Å²) in [6, 6.07) is 0. The van der Waals surface area contributed by atoms with E-state index in [1.165, 1.54) is 0 Å². The fourth-order valence-electron chi connectivity index (χ4n) is 3.65. The van der Waals surface area contributed by atoms with Crippen molar-refractivity contribution in [1.82, 2.24) is 5.32 Å². The van der Waals surface area contributed by atoms with E-state index in [9.17, 15) is 50.4 Å². The van der Waals surface area contributed by atoms with Crippen molar-refractivity contribution in [2.45, 2.75) is 80.3 Å². The summed E-state index contributed by atoms with van der Waals surface area (Å²) in [5.74, 6) is -2.49. The van der Waals surface area contributed by atoms with Gasteiger partial charge in [-0.15, -0.1) is 0 Å². The Morgan fingerprint density at radius 1 is 1.12 bits per heavy atom. The first kappa shape index (κ1) is 26.7. The molecule has 2 fully saturated rings. The summed E-state index contributed by atoms with van der Waals surface area (Å²) in [5.41, 5.74) is -2.51. The Kier molecular flexibility index (Phi) is 8.88. The molecule has 2 aliphatic heterocycles. The molecule has 0 aromatic carbocycles. The summed E-state index contributed by atoms with van der Waals surface area (Å²) >= 11 is 0. The summed E-state index contributed by atoms with van der Waals surface area (Å²) in [7, 11) is 0. The molecule has 15 nitrogen and oxygen atoms in total. The predicted molar refractivity (Wildman–Crippen MR) is 97.4 cm³/mol. The minimum atomic E-state index is -2.51. The minimum Gasteiger partial charge on any atom is -0.479 e. The van der Waals surface area contributed by atoms with Gasteiger partial charge in [-0.1, -0.05) is 0 Å². The first-order valence-electron chi connectivity index (χ1n) is 9.69. The lowest BCUT2D eigenvalue weighted by atomic mass is 9.86. The van der Waals surface area contributed by atoms with Crippen LogP contribution in [0.15, 0.2) is 0 Å². The maximum Gasteiger partial charge on any atom is 0.335 e. The first-order valence-corrected chi connectivity index (χ1v) is 9.69. The molecule has 2 aliphatic rings. The monoisotopic (exact) mass is 471 g/mol. The number of amides is 1. The van der Waals surface area contributed by atoms with Crippen molar-refractivity contribution in [3.63, 3.8) is 0 Å². The predicted octanol–water partition coefficient (Wildman–Crippen LogP) is -6.05. The smallest absolute Gasteiger partial charge is 0.335 e. The van der Waals surface area contributed by atoms with E-state index in [-0.39, 0.29) is 0 Å². The molecule has 0 unspecified atom stereocenters. The van der Waals surface area contributed by atoms with Gasteiger partial charge < -0.3 is 65.5 Å². The number of aliphatic carboxylic acids is 1. The second-order valence-corrected chi connectivity index (χ2v) is 7.71. The maximum absolute atomic E-state index is 11.8. The van der Waals surface area contributed by atoms with Crippen LogP contribution in [0, 0.1) is 0 Å². The van der Waals surface area contributed by atoms with Gasteiger partial charge in [0, 0.05) is 13.3 Å². The van der Waals surface area contributed by atoms with Crippen molar-refractivity contribution in [2.24, 2.45) is 0 Å². The van der Waals surface area contributed by atoms with Gasteiger partial charge in [0.1, 0.15) is 42.7 Å². The highest BCUT2D eigenvalue weighted by atomic mass is 16.7. The fraction of sp³-hybridized carbons (Fsp3) is 0.882. The number of hydrogen-bond acceptors (Lipinski definition) is 13. The molecule has 0 bridgehead atoms. The zero-order chi connectivity index (χ0) is 24.4. The third-order valence-electron chi connectivity index (χ3n) is 5.38. The number of aliphatic hydroxyl groups is 8. The van der Waals surface area contributed by atoms with E-state index in [4.69, 9.17) is 19.3 Å². The van der Waals surface area contributed by atoms with Gasteiger partial charge >= 0.3 is 5.97 Å². The number of carboxylic acid groups (broad SMARTS) is 1.